The number of aliphatic hydroxyl groups is 1. The molecule has 0 aliphatic heterocycles. The van der Waals surface area contributed by atoms with Crippen molar-refractivity contribution in [2.24, 2.45) is 5.92 Å². The quantitative estimate of drug-likeness (QED) is 0.891. The number of sulfonamides is 1. The van der Waals surface area contributed by atoms with Crippen LogP contribution in [0.5, 0.6) is 0 Å². The van der Waals surface area contributed by atoms with E-state index in [0.717, 1.165) is 25.0 Å². The minimum atomic E-state index is -3.91. The minimum Gasteiger partial charge on any atom is -0.393 e. The number of rotatable bonds is 4. The maximum absolute atomic E-state index is 13.0. The molecule has 2 N–H and O–H groups in total. The first-order chi connectivity index (χ1) is 9.37. The lowest BCUT2D eigenvalue weighted by Gasteiger charge is -2.25. The predicted molar refractivity (Wildman–Crippen MR) is 69.5 cm³/mol. The van der Waals surface area contributed by atoms with Crippen LogP contribution in [0.2, 0.25) is 0 Å². The molecule has 1 saturated carbocycles. The van der Waals surface area contributed by atoms with Crippen LogP contribution < -0.4 is 4.72 Å². The lowest BCUT2D eigenvalue weighted by atomic mass is 9.88. The van der Waals surface area contributed by atoms with Crippen LogP contribution in [0, 0.1) is 17.6 Å². The maximum atomic E-state index is 13.0. The van der Waals surface area contributed by atoms with Crippen molar-refractivity contribution < 1.29 is 22.3 Å². The molecule has 1 aliphatic carbocycles. The summed E-state index contributed by atoms with van der Waals surface area (Å²) in [5, 5.41) is 9.37. The van der Waals surface area contributed by atoms with E-state index in [1.807, 2.05) is 0 Å². The summed E-state index contributed by atoms with van der Waals surface area (Å²) in [5.74, 6) is -1.70. The molecule has 0 radical (unpaired) electrons. The van der Waals surface area contributed by atoms with E-state index >= 15 is 0 Å². The number of hydrogen-bond acceptors (Lipinski definition) is 3. The molecule has 112 valence electrons. The summed E-state index contributed by atoms with van der Waals surface area (Å²) in [6.45, 7) is 0.215. The van der Waals surface area contributed by atoms with Gasteiger partial charge in [-0.15, -0.1) is 0 Å². The highest BCUT2D eigenvalue weighted by Gasteiger charge is 2.22. The van der Waals surface area contributed by atoms with Gasteiger partial charge in [-0.1, -0.05) is 0 Å². The SMILES string of the molecule is O=S(=O)(NCC1CCC(O)CC1)c1cc(F)cc(F)c1. The van der Waals surface area contributed by atoms with Crippen molar-refractivity contribution in [2.75, 3.05) is 6.54 Å². The summed E-state index contributed by atoms with van der Waals surface area (Å²) >= 11 is 0. The molecule has 0 bridgehead atoms. The smallest absolute Gasteiger partial charge is 0.240 e. The highest BCUT2D eigenvalue weighted by molar-refractivity contribution is 7.89. The molecule has 20 heavy (non-hydrogen) atoms. The maximum Gasteiger partial charge on any atom is 0.240 e. The molecule has 0 atom stereocenters. The molecule has 0 unspecified atom stereocenters. The van der Waals surface area contributed by atoms with Crippen LogP contribution in [-0.2, 0) is 10.0 Å². The second kappa shape index (κ2) is 6.15. The standard InChI is InChI=1S/C13H17F2NO3S/c14-10-5-11(15)7-13(6-10)20(18,19)16-8-9-1-3-12(17)4-2-9/h5-7,9,12,16-17H,1-4,8H2. The molecule has 2 rings (SSSR count). The van der Waals surface area contributed by atoms with E-state index in [1.54, 1.807) is 0 Å². The van der Waals surface area contributed by atoms with Crippen molar-refractivity contribution in [3.05, 3.63) is 29.8 Å². The largest absolute Gasteiger partial charge is 0.393 e. The highest BCUT2D eigenvalue weighted by atomic mass is 32.2. The summed E-state index contributed by atoms with van der Waals surface area (Å²) in [7, 11) is -3.91. The van der Waals surface area contributed by atoms with Crippen LogP contribution in [-0.4, -0.2) is 26.2 Å². The number of nitrogens with one attached hydrogen (secondary N) is 1. The third-order valence-corrected chi connectivity index (χ3v) is 4.93. The fraction of sp³-hybridized carbons (Fsp3) is 0.538. The Labute approximate surface area is 116 Å². The average Bonchev–Trinajstić information content (AvgIpc) is 2.37. The number of hydrogen-bond donors (Lipinski definition) is 2. The second-order valence-electron chi connectivity index (χ2n) is 5.13. The lowest BCUT2D eigenvalue weighted by Crippen LogP contribution is -2.32. The van der Waals surface area contributed by atoms with Gasteiger partial charge in [0.05, 0.1) is 11.0 Å². The van der Waals surface area contributed by atoms with Crippen molar-refractivity contribution >= 4 is 10.0 Å². The fourth-order valence-electron chi connectivity index (χ4n) is 2.34. The lowest BCUT2D eigenvalue weighted by molar-refractivity contribution is 0.109. The molecule has 0 heterocycles. The Kier molecular flexibility index (Phi) is 4.72. The molecular weight excluding hydrogens is 288 g/mol. The number of halogens is 2. The molecule has 1 aliphatic rings. The average molecular weight is 305 g/mol. The van der Waals surface area contributed by atoms with E-state index in [1.165, 1.54) is 0 Å². The molecule has 1 aromatic carbocycles. The number of benzene rings is 1. The van der Waals surface area contributed by atoms with E-state index < -0.39 is 26.6 Å². The van der Waals surface area contributed by atoms with Gasteiger partial charge in [-0.2, -0.15) is 0 Å². The second-order valence-corrected chi connectivity index (χ2v) is 6.90. The molecule has 1 fully saturated rings. The molecule has 0 aromatic heterocycles. The first kappa shape index (κ1) is 15.3. The molecule has 1 aromatic rings. The zero-order chi connectivity index (χ0) is 14.8. The van der Waals surface area contributed by atoms with Crippen LogP contribution in [0.4, 0.5) is 8.78 Å². The molecule has 0 amide bonds. The number of aliphatic hydroxyl groups excluding tert-OH is 1. The van der Waals surface area contributed by atoms with E-state index in [-0.39, 0.29) is 18.6 Å². The van der Waals surface area contributed by atoms with Gasteiger partial charge >= 0.3 is 0 Å². The Hall–Kier alpha value is -1.05. The zero-order valence-corrected chi connectivity index (χ0v) is 11.7. The predicted octanol–water partition coefficient (Wildman–Crippen LogP) is 1.79. The Morgan fingerprint density at radius 3 is 2.20 bits per heavy atom. The van der Waals surface area contributed by atoms with Crippen molar-refractivity contribution in [3.8, 4) is 0 Å². The Balaban J connectivity index is 2.00. The molecule has 7 heteroatoms. The summed E-state index contributed by atoms with van der Waals surface area (Å²) in [5.41, 5.74) is 0. The van der Waals surface area contributed by atoms with Gasteiger partial charge in [0.1, 0.15) is 11.6 Å². The molecule has 0 spiro atoms. The monoisotopic (exact) mass is 305 g/mol. The van der Waals surface area contributed by atoms with Crippen LogP contribution in [0.25, 0.3) is 0 Å². The topological polar surface area (TPSA) is 66.4 Å². The van der Waals surface area contributed by atoms with Gasteiger partial charge in [0.2, 0.25) is 10.0 Å². The normalized spacial score (nSPS) is 23.8. The first-order valence-corrected chi connectivity index (χ1v) is 7.99. The first-order valence-electron chi connectivity index (χ1n) is 6.50. The van der Waals surface area contributed by atoms with Crippen molar-refractivity contribution in [3.63, 3.8) is 0 Å². The third-order valence-electron chi connectivity index (χ3n) is 3.52. The van der Waals surface area contributed by atoms with Crippen molar-refractivity contribution in [2.45, 2.75) is 36.7 Å². The Morgan fingerprint density at radius 1 is 1.10 bits per heavy atom. The Bertz CT molecular complexity index is 549. The van der Waals surface area contributed by atoms with Gasteiger partial charge in [-0.25, -0.2) is 21.9 Å². The van der Waals surface area contributed by atoms with Crippen molar-refractivity contribution in [1.82, 2.24) is 4.72 Å². The van der Waals surface area contributed by atoms with Crippen LogP contribution in [0.3, 0.4) is 0 Å². The van der Waals surface area contributed by atoms with E-state index in [9.17, 15) is 22.3 Å². The third kappa shape index (κ3) is 3.97. The van der Waals surface area contributed by atoms with Crippen LogP contribution >= 0.6 is 0 Å². The van der Waals surface area contributed by atoms with Gasteiger partial charge in [-0.3, -0.25) is 0 Å². The summed E-state index contributed by atoms with van der Waals surface area (Å²) in [4.78, 5) is -0.411. The van der Waals surface area contributed by atoms with Gasteiger partial charge in [-0.05, 0) is 43.7 Å². The zero-order valence-electron chi connectivity index (χ0n) is 10.9. The fourth-order valence-corrected chi connectivity index (χ4v) is 3.50. The Morgan fingerprint density at radius 2 is 1.65 bits per heavy atom. The highest BCUT2D eigenvalue weighted by Crippen LogP contribution is 2.24. The van der Waals surface area contributed by atoms with Gasteiger partial charge in [0.25, 0.3) is 0 Å². The van der Waals surface area contributed by atoms with Gasteiger partial charge in [0.15, 0.2) is 0 Å². The van der Waals surface area contributed by atoms with Crippen LogP contribution in [0.1, 0.15) is 25.7 Å². The van der Waals surface area contributed by atoms with Gasteiger partial charge in [0, 0.05) is 12.6 Å². The van der Waals surface area contributed by atoms with E-state index in [0.29, 0.717) is 18.9 Å². The van der Waals surface area contributed by atoms with Crippen LogP contribution in [0.15, 0.2) is 23.1 Å². The van der Waals surface area contributed by atoms with E-state index in [4.69, 9.17) is 0 Å². The molecule has 0 saturated heterocycles. The summed E-state index contributed by atoms with van der Waals surface area (Å²) in [6.07, 6.45) is 2.48. The van der Waals surface area contributed by atoms with Gasteiger partial charge < -0.3 is 5.11 Å². The summed E-state index contributed by atoms with van der Waals surface area (Å²) in [6, 6.07) is 2.20. The molecule has 4 nitrogen and oxygen atoms in total. The van der Waals surface area contributed by atoms with Crippen molar-refractivity contribution in [1.29, 1.82) is 0 Å². The summed E-state index contributed by atoms with van der Waals surface area (Å²) < 4.78 is 52.3. The molecular formula is C13H17F2NO3S. The van der Waals surface area contributed by atoms with E-state index in [2.05, 4.69) is 4.72 Å². The minimum absolute atomic E-state index is 0.145.